The van der Waals surface area contributed by atoms with Gasteiger partial charge in [0.1, 0.15) is 12.2 Å². The lowest BCUT2D eigenvalue weighted by molar-refractivity contribution is 0.530. The van der Waals surface area contributed by atoms with Crippen molar-refractivity contribution in [1.29, 1.82) is 0 Å². The Balaban J connectivity index is 1.81. The molecule has 0 spiro atoms. The first kappa shape index (κ1) is 11.8. The molecule has 0 fully saturated rings. The second-order valence-electron chi connectivity index (χ2n) is 4.67. The van der Waals surface area contributed by atoms with E-state index in [1.54, 1.807) is 11.0 Å². The van der Waals surface area contributed by atoms with Crippen LogP contribution in [0, 0.1) is 0 Å². The van der Waals surface area contributed by atoms with E-state index < -0.39 is 0 Å². The van der Waals surface area contributed by atoms with Crippen LogP contribution in [0.2, 0.25) is 0 Å². The lowest BCUT2D eigenvalue weighted by atomic mass is 10.1. The monoisotopic (exact) mass is 263 g/mol. The summed E-state index contributed by atoms with van der Waals surface area (Å²) in [6.07, 6.45) is 6.09. The van der Waals surface area contributed by atoms with Gasteiger partial charge < -0.3 is 0 Å². The van der Waals surface area contributed by atoms with E-state index in [1.165, 1.54) is 34.6 Å². The molecule has 1 aliphatic rings. The maximum absolute atomic E-state index is 5.69. The van der Waals surface area contributed by atoms with E-state index in [2.05, 4.69) is 21.6 Å². The van der Waals surface area contributed by atoms with E-state index in [0.717, 1.165) is 12.2 Å². The first-order valence-corrected chi connectivity index (χ1v) is 7.00. The van der Waals surface area contributed by atoms with Crippen LogP contribution in [0.15, 0.2) is 12.4 Å². The molecule has 0 aliphatic heterocycles. The molecule has 1 unspecified atom stereocenters. The van der Waals surface area contributed by atoms with Crippen LogP contribution in [0.5, 0.6) is 0 Å². The number of nitrogens with zero attached hydrogens (tertiary/aromatic N) is 3. The number of nitrogens with two attached hydrogens (primary N) is 1. The highest BCUT2D eigenvalue weighted by atomic mass is 32.1. The SMILES string of the molecule is Cn1ncnc1CC(NN)c1cc2c(s1)CCC2. The molecule has 0 saturated carbocycles. The van der Waals surface area contributed by atoms with E-state index in [9.17, 15) is 0 Å². The molecule has 0 aromatic carbocycles. The number of aryl methyl sites for hydroxylation is 3. The summed E-state index contributed by atoms with van der Waals surface area (Å²) >= 11 is 1.88. The van der Waals surface area contributed by atoms with Crippen LogP contribution >= 0.6 is 11.3 Å². The number of fused-ring (bicyclic) bond motifs is 1. The number of hydrogen-bond acceptors (Lipinski definition) is 5. The van der Waals surface area contributed by atoms with Gasteiger partial charge in [0.2, 0.25) is 0 Å². The fourth-order valence-corrected chi connectivity index (χ4v) is 3.77. The van der Waals surface area contributed by atoms with Gasteiger partial charge in [0, 0.05) is 23.2 Å². The van der Waals surface area contributed by atoms with E-state index in [4.69, 9.17) is 5.84 Å². The molecule has 0 radical (unpaired) electrons. The number of nitrogens with one attached hydrogen (secondary N) is 1. The van der Waals surface area contributed by atoms with Gasteiger partial charge in [-0.05, 0) is 30.9 Å². The molecule has 96 valence electrons. The van der Waals surface area contributed by atoms with Crippen LogP contribution in [0.1, 0.15) is 33.6 Å². The molecule has 1 aliphatic carbocycles. The zero-order chi connectivity index (χ0) is 12.5. The van der Waals surface area contributed by atoms with Crippen molar-refractivity contribution in [3.63, 3.8) is 0 Å². The van der Waals surface area contributed by atoms with Gasteiger partial charge in [0.25, 0.3) is 0 Å². The Hall–Kier alpha value is -1.24. The third kappa shape index (κ3) is 2.07. The third-order valence-corrected chi connectivity index (χ3v) is 4.85. The molecule has 2 aromatic rings. The van der Waals surface area contributed by atoms with Crippen molar-refractivity contribution < 1.29 is 0 Å². The quantitative estimate of drug-likeness (QED) is 0.640. The van der Waals surface area contributed by atoms with Gasteiger partial charge in [0.05, 0.1) is 6.04 Å². The van der Waals surface area contributed by atoms with Gasteiger partial charge in [-0.15, -0.1) is 11.3 Å². The predicted octanol–water partition coefficient (Wildman–Crippen LogP) is 1.11. The standard InChI is InChI=1S/C12H17N5S/c1-17-12(14-7-15-17)6-9(16-13)11-5-8-3-2-4-10(8)18-11/h5,7,9,16H,2-4,6,13H2,1H3. The second kappa shape index (κ2) is 4.79. The molecule has 6 heteroatoms. The Bertz CT molecular complexity index is 523. The maximum Gasteiger partial charge on any atom is 0.138 e. The van der Waals surface area contributed by atoms with E-state index in [0.29, 0.717) is 0 Å². The van der Waals surface area contributed by atoms with Gasteiger partial charge in [-0.1, -0.05) is 0 Å². The van der Waals surface area contributed by atoms with Crippen molar-refractivity contribution in [3.05, 3.63) is 33.5 Å². The topological polar surface area (TPSA) is 68.8 Å². The predicted molar refractivity (Wildman–Crippen MR) is 71.1 cm³/mol. The average Bonchev–Trinajstić information content (AvgIpc) is 3.01. The van der Waals surface area contributed by atoms with Crippen molar-refractivity contribution in [2.75, 3.05) is 0 Å². The normalized spacial score (nSPS) is 15.9. The number of hydrogen-bond donors (Lipinski definition) is 2. The van der Waals surface area contributed by atoms with Crippen molar-refractivity contribution in [3.8, 4) is 0 Å². The van der Waals surface area contributed by atoms with Crippen LogP contribution in [0.3, 0.4) is 0 Å². The molecule has 1 atom stereocenters. The third-order valence-electron chi connectivity index (χ3n) is 3.50. The summed E-state index contributed by atoms with van der Waals surface area (Å²) in [5.74, 6) is 6.64. The van der Waals surface area contributed by atoms with Gasteiger partial charge in [-0.2, -0.15) is 5.10 Å². The highest BCUT2D eigenvalue weighted by molar-refractivity contribution is 7.12. The van der Waals surface area contributed by atoms with E-state index in [-0.39, 0.29) is 6.04 Å². The Morgan fingerprint density at radius 3 is 3.11 bits per heavy atom. The summed E-state index contributed by atoms with van der Waals surface area (Å²) in [6, 6.07) is 2.43. The van der Waals surface area contributed by atoms with Gasteiger partial charge >= 0.3 is 0 Å². The van der Waals surface area contributed by atoms with Crippen LogP contribution in [0.4, 0.5) is 0 Å². The molecule has 0 bridgehead atoms. The fraction of sp³-hybridized carbons (Fsp3) is 0.500. The maximum atomic E-state index is 5.69. The minimum absolute atomic E-state index is 0.128. The Kier molecular flexibility index (Phi) is 3.15. The van der Waals surface area contributed by atoms with Crippen LogP contribution < -0.4 is 11.3 Å². The lowest BCUT2D eigenvalue weighted by Gasteiger charge is -2.13. The summed E-state index contributed by atoms with van der Waals surface area (Å²) < 4.78 is 1.80. The zero-order valence-corrected chi connectivity index (χ0v) is 11.2. The number of thiophene rings is 1. The number of aromatic nitrogens is 3. The van der Waals surface area contributed by atoms with Gasteiger partial charge in [0.15, 0.2) is 0 Å². The highest BCUT2D eigenvalue weighted by Crippen LogP contribution is 2.34. The second-order valence-corrected chi connectivity index (χ2v) is 5.84. The van der Waals surface area contributed by atoms with Gasteiger partial charge in [-0.25, -0.2) is 4.98 Å². The summed E-state index contributed by atoms with van der Waals surface area (Å²) in [4.78, 5) is 7.09. The van der Waals surface area contributed by atoms with Crippen LogP contribution in [0.25, 0.3) is 0 Å². The summed E-state index contributed by atoms with van der Waals surface area (Å²) in [5.41, 5.74) is 4.41. The minimum Gasteiger partial charge on any atom is -0.271 e. The molecule has 18 heavy (non-hydrogen) atoms. The molecule has 2 heterocycles. The highest BCUT2D eigenvalue weighted by Gasteiger charge is 2.20. The van der Waals surface area contributed by atoms with Gasteiger partial charge in [-0.3, -0.25) is 16.0 Å². The average molecular weight is 263 g/mol. The Labute approximate surface area is 110 Å². The lowest BCUT2D eigenvalue weighted by Crippen LogP contribution is -2.29. The summed E-state index contributed by atoms with van der Waals surface area (Å²) in [5, 5.41) is 4.09. The summed E-state index contributed by atoms with van der Waals surface area (Å²) in [6.45, 7) is 0. The molecule has 2 aromatic heterocycles. The molecule has 3 rings (SSSR count). The molecular weight excluding hydrogens is 246 g/mol. The first-order chi connectivity index (χ1) is 8.78. The number of hydrazine groups is 1. The molecular formula is C12H17N5S. The number of rotatable bonds is 4. The van der Waals surface area contributed by atoms with Crippen molar-refractivity contribution in [1.82, 2.24) is 20.2 Å². The first-order valence-electron chi connectivity index (χ1n) is 6.18. The molecule has 0 amide bonds. The smallest absolute Gasteiger partial charge is 0.138 e. The summed E-state index contributed by atoms with van der Waals surface area (Å²) in [7, 11) is 1.91. The van der Waals surface area contributed by atoms with E-state index >= 15 is 0 Å². The molecule has 3 N–H and O–H groups in total. The van der Waals surface area contributed by atoms with Crippen molar-refractivity contribution in [2.45, 2.75) is 31.7 Å². The van der Waals surface area contributed by atoms with E-state index in [1.807, 2.05) is 18.4 Å². The largest absolute Gasteiger partial charge is 0.271 e. The van der Waals surface area contributed by atoms with Crippen molar-refractivity contribution in [2.24, 2.45) is 12.9 Å². The van der Waals surface area contributed by atoms with Crippen molar-refractivity contribution >= 4 is 11.3 Å². The minimum atomic E-state index is 0.128. The molecule has 5 nitrogen and oxygen atoms in total. The van der Waals surface area contributed by atoms with Crippen LogP contribution in [-0.2, 0) is 26.3 Å². The Morgan fingerprint density at radius 1 is 1.56 bits per heavy atom. The zero-order valence-electron chi connectivity index (χ0n) is 10.4. The molecule has 0 saturated heterocycles. The Morgan fingerprint density at radius 2 is 2.44 bits per heavy atom. The fourth-order valence-electron chi connectivity index (χ4n) is 2.45. The van der Waals surface area contributed by atoms with Crippen LogP contribution in [-0.4, -0.2) is 14.8 Å².